The van der Waals surface area contributed by atoms with Crippen molar-refractivity contribution < 1.29 is 0 Å². The average molecular weight is 282 g/mol. The van der Waals surface area contributed by atoms with E-state index in [9.17, 15) is 0 Å². The highest BCUT2D eigenvalue weighted by molar-refractivity contribution is 5.67. The highest BCUT2D eigenvalue weighted by atomic mass is 15.2. The summed E-state index contributed by atoms with van der Waals surface area (Å²) in [6.07, 6.45) is 5.42. The van der Waals surface area contributed by atoms with E-state index >= 15 is 0 Å². The number of hydrogen-bond donors (Lipinski definition) is 1. The average Bonchev–Trinajstić information content (AvgIpc) is 2.86. The summed E-state index contributed by atoms with van der Waals surface area (Å²) in [7, 11) is 3.97. The van der Waals surface area contributed by atoms with Crippen molar-refractivity contribution in [3.63, 3.8) is 0 Å². The van der Waals surface area contributed by atoms with E-state index in [1.807, 2.05) is 55.0 Å². The van der Waals surface area contributed by atoms with Gasteiger partial charge in [-0.2, -0.15) is 5.10 Å². The van der Waals surface area contributed by atoms with Gasteiger partial charge in [0.15, 0.2) is 5.82 Å². The fraction of sp³-hybridized carbons (Fsp3) is 0.267. The molecule has 108 valence electrons. The second-order valence-corrected chi connectivity index (χ2v) is 5.16. The van der Waals surface area contributed by atoms with Crippen molar-refractivity contribution in [2.24, 2.45) is 0 Å². The van der Waals surface area contributed by atoms with Gasteiger partial charge in [-0.05, 0) is 30.7 Å². The number of rotatable bonds is 4. The maximum Gasteiger partial charge on any atom is 0.152 e. The Bertz CT molecular complexity index is 762. The molecule has 0 unspecified atom stereocenters. The first-order chi connectivity index (χ1) is 10.1. The minimum absolute atomic E-state index is 0.695. The molecule has 0 amide bonds. The minimum atomic E-state index is 0.695. The zero-order valence-corrected chi connectivity index (χ0v) is 12.4. The van der Waals surface area contributed by atoms with Crippen LogP contribution in [0.25, 0.3) is 5.52 Å². The first-order valence-electron chi connectivity index (χ1n) is 6.80. The lowest BCUT2D eigenvalue weighted by Gasteiger charge is -2.12. The van der Waals surface area contributed by atoms with Crippen LogP contribution < -0.4 is 10.2 Å². The van der Waals surface area contributed by atoms with Crippen molar-refractivity contribution in [2.75, 3.05) is 24.3 Å². The van der Waals surface area contributed by atoms with Crippen molar-refractivity contribution in [3.05, 3.63) is 48.0 Å². The van der Waals surface area contributed by atoms with Gasteiger partial charge in [0.1, 0.15) is 11.3 Å². The molecular formula is C15H18N6. The summed E-state index contributed by atoms with van der Waals surface area (Å²) in [5.74, 6) is 1.78. The number of anilines is 2. The van der Waals surface area contributed by atoms with E-state index in [2.05, 4.69) is 26.4 Å². The van der Waals surface area contributed by atoms with Gasteiger partial charge in [-0.25, -0.2) is 14.5 Å². The number of aromatic nitrogens is 4. The smallest absolute Gasteiger partial charge is 0.152 e. The summed E-state index contributed by atoms with van der Waals surface area (Å²) in [5.41, 5.74) is 3.12. The van der Waals surface area contributed by atoms with Crippen LogP contribution in [0.2, 0.25) is 0 Å². The van der Waals surface area contributed by atoms with Gasteiger partial charge in [0.05, 0.1) is 5.69 Å². The summed E-state index contributed by atoms with van der Waals surface area (Å²) >= 11 is 0. The summed E-state index contributed by atoms with van der Waals surface area (Å²) in [6.45, 7) is 2.67. The molecule has 3 aromatic rings. The Hall–Kier alpha value is -2.63. The highest BCUT2D eigenvalue weighted by Gasteiger charge is 2.05. The molecule has 3 heterocycles. The summed E-state index contributed by atoms with van der Waals surface area (Å²) in [6, 6.07) is 6.09. The molecule has 0 aliphatic rings. The number of fused-ring (bicyclic) bond motifs is 1. The molecule has 3 aromatic heterocycles. The van der Waals surface area contributed by atoms with Gasteiger partial charge in [0.2, 0.25) is 0 Å². The Labute approximate surface area is 123 Å². The molecule has 3 rings (SSSR count). The third kappa shape index (κ3) is 2.79. The van der Waals surface area contributed by atoms with E-state index < -0.39 is 0 Å². The van der Waals surface area contributed by atoms with Crippen LogP contribution in [-0.4, -0.2) is 33.7 Å². The van der Waals surface area contributed by atoms with E-state index in [1.165, 1.54) is 0 Å². The molecule has 0 atom stereocenters. The molecule has 21 heavy (non-hydrogen) atoms. The molecule has 6 nitrogen and oxygen atoms in total. The van der Waals surface area contributed by atoms with Crippen LogP contribution >= 0.6 is 0 Å². The number of pyridine rings is 1. The van der Waals surface area contributed by atoms with E-state index in [0.717, 1.165) is 28.4 Å². The number of nitrogens with one attached hydrogen (secondary N) is 1. The van der Waals surface area contributed by atoms with Crippen LogP contribution in [0.5, 0.6) is 0 Å². The zero-order valence-electron chi connectivity index (χ0n) is 12.4. The third-order valence-electron chi connectivity index (χ3n) is 3.24. The highest BCUT2D eigenvalue weighted by Crippen LogP contribution is 2.16. The molecular weight excluding hydrogens is 264 g/mol. The van der Waals surface area contributed by atoms with Crippen molar-refractivity contribution in [3.8, 4) is 0 Å². The Morgan fingerprint density at radius 3 is 2.86 bits per heavy atom. The Balaban J connectivity index is 1.82. The lowest BCUT2D eigenvalue weighted by atomic mass is 10.2. The van der Waals surface area contributed by atoms with Crippen molar-refractivity contribution in [1.29, 1.82) is 0 Å². The maximum absolute atomic E-state index is 4.39. The van der Waals surface area contributed by atoms with Crippen LogP contribution in [0, 0.1) is 6.92 Å². The predicted octanol–water partition coefficient (Wildman–Crippen LogP) is 2.11. The van der Waals surface area contributed by atoms with Gasteiger partial charge in [-0.1, -0.05) is 0 Å². The predicted molar refractivity (Wildman–Crippen MR) is 83.6 cm³/mol. The standard InChI is InChI=1S/C15H18N6/c1-11-8-13-15(17-6-7-21(13)19-11)18-10-12-4-5-16-14(9-12)20(2)3/h4-9H,10H2,1-3H3,(H,17,18). The van der Waals surface area contributed by atoms with Gasteiger partial charge in [0.25, 0.3) is 0 Å². The van der Waals surface area contributed by atoms with Gasteiger partial charge in [-0.3, -0.25) is 0 Å². The molecule has 0 radical (unpaired) electrons. The molecule has 0 fully saturated rings. The molecule has 0 saturated heterocycles. The second kappa shape index (κ2) is 5.40. The Morgan fingerprint density at radius 2 is 2.05 bits per heavy atom. The third-order valence-corrected chi connectivity index (χ3v) is 3.24. The number of hydrogen-bond acceptors (Lipinski definition) is 5. The second-order valence-electron chi connectivity index (χ2n) is 5.16. The normalized spacial score (nSPS) is 10.8. The molecule has 0 aromatic carbocycles. The number of aryl methyl sites for hydroxylation is 1. The van der Waals surface area contributed by atoms with E-state index in [0.29, 0.717) is 6.54 Å². The SMILES string of the molecule is Cc1cc2c(NCc3ccnc(N(C)C)c3)nccn2n1. The van der Waals surface area contributed by atoms with E-state index in [-0.39, 0.29) is 0 Å². The van der Waals surface area contributed by atoms with Crippen molar-refractivity contribution >= 4 is 17.2 Å². The topological polar surface area (TPSA) is 58.4 Å². The Kier molecular flexibility index (Phi) is 3.43. The molecule has 0 aliphatic heterocycles. The van der Waals surface area contributed by atoms with Gasteiger partial charge in [-0.15, -0.1) is 0 Å². The first-order valence-corrected chi connectivity index (χ1v) is 6.80. The number of nitrogens with zero attached hydrogens (tertiary/aromatic N) is 5. The molecule has 0 aliphatic carbocycles. The van der Waals surface area contributed by atoms with Crippen LogP contribution in [0.15, 0.2) is 36.8 Å². The maximum atomic E-state index is 4.39. The quantitative estimate of drug-likeness (QED) is 0.794. The van der Waals surface area contributed by atoms with Crippen LogP contribution in [0.3, 0.4) is 0 Å². The van der Waals surface area contributed by atoms with Gasteiger partial charge < -0.3 is 10.2 Å². The fourth-order valence-electron chi connectivity index (χ4n) is 2.18. The molecule has 6 heteroatoms. The Morgan fingerprint density at radius 1 is 1.19 bits per heavy atom. The molecule has 1 N–H and O–H groups in total. The van der Waals surface area contributed by atoms with Crippen LogP contribution in [0.4, 0.5) is 11.6 Å². The van der Waals surface area contributed by atoms with Crippen molar-refractivity contribution in [1.82, 2.24) is 19.6 Å². The van der Waals surface area contributed by atoms with Gasteiger partial charge in [0, 0.05) is 39.2 Å². The van der Waals surface area contributed by atoms with Crippen LogP contribution in [-0.2, 0) is 6.54 Å². The molecule has 0 spiro atoms. The summed E-state index contributed by atoms with van der Waals surface area (Å²) < 4.78 is 1.84. The monoisotopic (exact) mass is 282 g/mol. The lowest BCUT2D eigenvalue weighted by molar-refractivity contribution is 0.919. The lowest BCUT2D eigenvalue weighted by Crippen LogP contribution is -2.11. The van der Waals surface area contributed by atoms with Crippen LogP contribution in [0.1, 0.15) is 11.3 Å². The van der Waals surface area contributed by atoms with E-state index in [4.69, 9.17) is 0 Å². The van der Waals surface area contributed by atoms with Crippen molar-refractivity contribution in [2.45, 2.75) is 13.5 Å². The first kappa shape index (κ1) is 13.4. The molecule has 0 saturated carbocycles. The minimum Gasteiger partial charge on any atom is -0.364 e. The fourth-order valence-corrected chi connectivity index (χ4v) is 2.18. The summed E-state index contributed by atoms with van der Waals surface area (Å²) in [5, 5.41) is 7.75. The van der Waals surface area contributed by atoms with E-state index in [1.54, 1.807) is 6.20 Å². The largest absolute Gasteiger partial charge is 0.364 e. The summed E-state index contributed by atoms with van der Waals surface area (Å²) in [4.78, 5) is 10.7. The molecule has 0 bridgehead atoms. The zero-order chi connectivity index (χ0) is 14.8. The van der Waals surface area contributed by atoms with Gasteiger partial charge >= 0.3 is 0 Å².